The lowest BCUT2D eigenvalue weighted by molar-refractivity contribution is -0.141. The van der Waals surface area contributed by atoms with Crippen LogP contribution in [0.1, 0.15) is 21.6 Å². The number of aromatic nitrogens is 1. The number of rotatable bonds is 4. The van der Waals surface area contributed by atoms with Crippen LogP contribution in [0.25, 0.3) is 0 Å². The third kappa shape index (κ3) is 5.57. The van der Waals surface area contributed by atoms with Crippen molar-refractivity contribution in [3.05, 3.63) is 63.6 Å². The van der Waals surface area contributed by atoms with E-state index in [1.165, 1.54) is 17.0 Å². The lowest BCUT2D eigenvalue weighted by atomic mass is 10.2. The maximum atomic E-state index is 12.8. The summed E-state index contributed by atoms with van der Waals surface area (Å²) in [5.41, 5.74) is -3.80. The van der Waals surface area contributed by atoms with Crippen molar-refractivity contribution in [1.29, 1.82) is 0 Å². The molecule has 1 aliphatic rings. The molecule has 3 rings (SSSR count). The van der Waals surface area contributed by atoms with E-state index in [0.717, 1.165) is 18.2 Å². The number of nitrogens with zero attached hydrogens (tertiary/aromatic N) is 1. The topological polar surface area (TPSA) is 71.6 Å². The van der Waals surface area contributed by atoms with Crippen LogP contribution in [0.4, 0.5) is 26.3 Å². The molecule has 1 unspecified atom stereocenters. The normalized spacial score (nSPS) is 17.5. The first-order valence-corrected chi connectivity index (χ1v) is 8.96. The fraction of sp³-hybridized carbons (Fsp3) is 0.368. The van der Waals surface area contributed by atoms with Crippen LogP contribution >= 0.6 is 0 Å². The van der Waals surface area contributed by atoms with Crippen LogP contribution in [0.3, 0.4) is 0 Å². The van der Waals surface area contributed by atoms with E-state index in [4.69, 9.17) is 9.47 Å². The Balaban J connectivity index is 1.64. The number of carbonyl (C=O) groups is 1. The second-order valence-electron chi connectivity index (χ2n) is 6.69. The Kier molecular flexibility index (Phi) is 6.30. The van der Waals surface area contributed by atoms with E-state index in [9.17, 15) is 35.9 Å². The molecule has 1 aromatic heterocycles. The van der Waals surface area contributed by atoms with Crippen molar-refractivity contribution < 1.29 is 40.6 Å². The van der Waals surface area contributed by atoms with Gasteiger partial charge in [0.05, 0.1) is 18.7 Å². The number of morpholine rings is 1. The molecule has 1 saturated heterocycles. The van der Waals surface area contributed by atoms with Gasteiger partial charge in [0.25, 0.3) is 11.5 Å². The van der Waals surface area contributed by atoms with Gasteiger partial charge in [0.15, 0.2) is 0 Å². The number of ether oxygens (including phenoxy) is 2. The van der Waals surface area contributed by atoms with Crippen LogP contribution in [-0.2, 0) is 17.1 Å². The zero-order valence-electron chi connectivity index (χ0n) is 15.7. The van der Waals surface area contributed by atoms with Gasteiger partial charge in [0.2, 0.25) is 0 Å². The smallest absolute Gasteiger partial charge is 0.431 e. The maximum absolute atomic E-state index is 12.8. The van der Waals surface area contributed by atoms with E-state index in [2.05, 4.69) is 0 Å². The predicted molar refractivity (Wildman–Crippen MR) is 94.6 cm³/mol. The van der Waals surface area contributed by atoms with Crippen LogP contribution in [0.5, 0.6) is 5.75 Å². The Bertz CT molecular complexity index is 1000. The number of H-pyrrole nitrogens is 1. The number of amides is 1. The highest BCUT2D eigenvalue weighted by Gasteiger charge is 2.34. The summed E-state index contributed by atoms with van der Waals surface area (Å²) in [7, 11) is 0. The van der Waals surface area contributed by atoms with Crippen molar-refractivity contribution in [2.24, 2.45) is 0 Å². The highest BCUT2D eigenvalue weighted by atomic mass is 19.4. The van der Waals surface area contributed by atoms with Crippen LogP contribution in [0.15, 0.2) is 41.2 Å². The molecule has 2 heterocycles. The lowest BCUT2D eigenvalue weighted by Gasteiger charge is -2.32. The number of alkyl halides is 6. The molecule has 1 aliphatic heterocycles. The molecule has 168 valence electrons. The average molecular weight is 450 g/mol. The van der Waals surface area contributed by atoms with E-state index < -0.39 is 46.7 Å². The zero-order valence-corrected chi connectivity index (χ0v) is 15.7. The predicted octanol–water partition coefficient (Wildman–Crippen LogP) is 3.33. The molecule has 1 atom stereocenters. The van der Waals surface area contributed by atoms with Gasteiger partial charge in [-0.25, -0.2) is 0 Å². The Morgan fingerprint density at radius 2 is 1.87 bits per heavy atom. The Morgan fingerprint density at radius 1 is 1.13 bits per heavy atom. The summed E-state index contributed by atoms with van der Waals surface area (Å²) >= 11 is 0. The third-order valence-corrected chi connectivity index (χ3v) is 4.47. The number of benzene rings is 1. The van der Waals surface area contributed by atoms with E-state index in [1.807, 2.05) is 0 Å². The molecule has 0 saturated carbocycles. The summed E-state index contributed by atoms with van der Waals surface area (Å²) < 4.78 is 87.1. The second kappa shape index (κ2) is 8.61. The molecular weight excluding hydrogens is 434 g/mol. The maximum Gasteiger partial charge on any atom is 0.431 e. The van der Waals surface area contributed by atoms with Crippen molar-refractivity contribution in [2.45, 2.75) is 18.5 Å². The summed E-state index contributed by atoms with van der Waals surface area (Å²) in [5.74, 6) is -0.830. The minimum atomic E-state index is -4.76. The van der Waals surface area contributed by atoms with Gasteiger partial charge < -0.3 is 19.4 Å². The summed E-state index contributed by atoms with van der Waals surface area (Å²) in [4.78, 5) is 27.3. The SMILES string of the molecule is O=C(c1ccc(C(F)(F)F)[nH]c1=O)N1CCOC(COc2cccc(C(F)(F)F)c2)C1. The lowest BCUT2D eigenvalue weighted by Crippen LogP contribution is -2.48. The van der Waals surface area contributed by atoms with Crippen molar-refractivity contribution >= 4 is 5.91 Å². The van der Waals surface area contributed by atoms with Crippen LogP contribution in [-0.4, -0.2) is 48.2 Å². The average Bonchev–Trinajstić information content (AvgIpc) is 2.71. The summed E-state index contributed by atoms with van der Waals surface area (Å²) in [5, 5.41) is 0. The summed E-state index contributed by atoms with van der Waals surface area (Å²) in [6, 6.07) is 5.64. The molecule has 0 spiro atoms. The van der Waals surface area contributed by atoms with Crippen LogP contribution < -0.4 is 10.3 Å². The molecular formula is C19H16F6N2O4. The van der Waals surface area contributed by atoms with E-state index >= 15 is 0 Å². The largest absolute Gasteiger partial charge is 0.491 e. The first-order valence-electron chi connectivity index (χ1n) is 8.96. The summed E-state index contributed by atoms with van der Waals surface area (Å²) in [6.45, 7) is -0.0903. The minimum absolute atomic E-state index is 0.0407. The number of aromatic amines is 1. The van der Waals surface area contributed by atoms with Crippen LogP contribution in [0.2, 0.25) is 0 Å². The number of hydrogen-bond donors (Lipinski definition) is 1. The first-order chi connectivity index (χ1) is 14.4. The molecule has 1 aromatic carbocycles. The highest BCUT2D eigenvalue weighted by molar-refractivity contribution is 5.93. The Hall–Kier alpha value is -3.02. The second-order valence-corrected chi connectivity index (χ2v) is 6.69. The van der Waals surface area contributed by atoms with Crippen molar-refractivity contribution in [3.63, 3.8) is 0 Å². The molecule has 12 heteroatoms. The highest BCUT2D eigenvalue weighted by Crippen LogP contribution is 2.31. The number of nitrogens with one attached hydrogen (secondary N) is 1. The molecule has 1 N–H and O–H groups in total. The molecule has 1 fully saturated rings. The Morgan fingerprint density at radius 3 is 2.52 bits per heavy atom. The van der Waals surface area contributed by atoms with Gasteiger partial charge >= 0.3 is 12.4 Å². The fourth-order valence-corrected chi connectivity index (χ4v) is 2.93. The van der Waals surface area contributed by atoms with Crippen molar-refractivity contribution in [2.75, 3.05) is 26.3 Å². The molecule has 0 radical (unpaired) electrons. The van der Waals surface area contributed by atoms with Crippen molar-refractivity contribution in [1.82, 2.24) is 9.88 Å². The number of carbonyl (C=O) groups excluding carboxylic acids is 1. The molecule has 0 aliphatic carbocycles. The molecule has 1 amide bonds. The van der Waals surface area contributed by atoms with Gasteiger partial charge in [-0.1, -0.05) is 6.07 Å². The number of pyridine rings is 1. The van der Waals surface area contributed by atoms with Crippen LogP contribution in [0, 0.1) is 0 Å². The number of hydrogen-bond acceptors (Lipinski definition) is 4. The Labute approximate surface area is 171 Å². The van der Waals surface area contributed by atoms with E-state index in [0.29, 0.717) is 6.07 Å². The van der Waals surface area contributed by atoms with Gasteiger partial charge in [-0.05, 0) is 30.3 Å². The molecule has 6 nitrogen and oxygen atoms in total. The quantitative estimate of drug-likeness (QED) is 0.726. The molecule has 31 heavy (non-hydrogen) atoms. The standard InChI is InChI=1S/C19H16F6N2O4/c20-18(21,22)11-2-1-3-12(8-11)31-10-13-9-27(6-7-30-13)17(29)14-4-5-15(19(23,24)25)26-16(14)28/h1-5,8,13H,6-7,9-10H2,(H,26,28). The van der Waals surface area contributed by atoms with Gasteiger partial charge in [0.1, 0.15) is 29.7 Å². The van der Waals surface area contributed by atoms with E-state index in [1.54, 1.807) is 4.98 Å². The minimum Gasteiger partial charge on any atom is -0.491 e. The monoisotopic (exact) mass is 450 g/mol. The van der Waals surface area contributed by atoms with E-state index in [-0.39, 0.29) is 32.1 Å². The number of halogens is 6. The molecule has 0 bridgehead atoms. The van der Waals surface area contributed by atoms with Gasteiger partial charge in [-0.15, -0.1) is 0 Å². The first kappa shape index (κ1) is 22.7. The molecule has 2 aromatic rings. The van der Waals surface area contributed by atoms with Gasteiger partial charge in [0, 0.05) is 6.54 Å². The van der Waals surface area contributed by atoms with Gasteiger partial charge in [-0.3, -0.25) is 9.59 Å². The fourth-order valence-electron chi connectivity index (χ4n) is 2.93. The van der Waals surface area contributed by atoms with Crippen molar-refractivity contribution in [3.8, 4) is 5.75 Å². The van der Waals surface area contributed by atoms with Gasteiger partial charge in [-0.2, -0.15) is 26.3 Å². The third-order valence-electron chi connectivity index (χ3n) is 4.47. The zero-order chi connectivity index (χ0) is 22.8. The summed E-state index contributed by atoms with van der Waals surface area (Å²) in [6.07, 6.45) is -10.00.